The first-order chi connectivity index (χ1) is 7.82. The van der Waals surface area contributed by atoms with Crippen molar-refractivity contribution in [3.63, 3.8) is 0 Å². The highest BCUT2D eigenvalue weighted by atomic mass is 16.6. The van der Waals surface area contributed by atoms with Crippen LogP contribution in [0.2, 0.25) is 0 Å². The Kier molecular flexibility index (Phi) is 3.10. The number of carbonyl (C=O) groups is 1. The van der Waals surface area contributed by atoms with Gasteiger partial charge < -0.3 is 14.7 Å². The fraction of sp³-hybridized carbons (Fsp3) is 0.923. The molecule has 1 atom stereocenters. The van der Waals surface area contributed by atoms with E-state index in [4.69, 9.17) is 4.74 Å². The minimum Gasteiger partial charge on any atom is -0.444 e. The SMILES string of the molecule is CC(C)(C)OC(=O)N1CC[C@@H](O)CC12CCC2. The summed E-state index contributed by atoms with van der Waals surface area (Å²) in [6, 6.07) is 0. The maximum atomic E-state index is 12.2. The molecular weight excluding hydrogens is 218 g/mol. The molecule has 1 saturated carbocycles. The molecule has 1 N–H and O–H groups in total. The van der Waals surface area contributed by atoms with Crippen LogP contribution in [0.5, 0.6) is 0 Å². The van der Waals surface area contributed by atoms with Crippen LogP contribution in [-0.2, 0) is 4.74 Å². The fourth-order valence-corrected chi connectivity index (χ4v) is 2.83. The van der Waals surface area contributed by atoms with Crippen LogP contribution in [0.25, 0.3) is 0 Å². The number of likely N-dealkylation sites (tertiary alicyclic amines) is 1. The smallest absolute Gasteiger partial charge is 0.410 e. The molecule has 1 aliphatic carbocycles. The number of ether oxygens (including phenoxy) is 1. The molecule has 1 amide bonds. The van der Waals surface area contributed by atoms with Gasteiger partial charge in [0.15, 0.2) is 0 Å². The molecule has 2 rings (SSSR count). The number of hydrogen-bond donors (Lipinski definition) is 1. The summed E-state index contributed by atoms with van der Waals surface area (Å²) < 4.78 is 5.45. The van der Waals surface area contributed by atoms with E-state index in [0.717, 1.165) is 19.3 Å². The van der Waals surface area contributed by atoms with Gasteiger partial charge >= 0.3 is 6.09 Å². The molecule has 0 unspecified atom stereocenters. The minimum absolute atomic E-state index is 0.111. The first kappa shape index (κ1) is 12.7. The summed E-state index contributed by atoms with van der Waals surface area (Å²) in [6.07, 6.45) is 4.06. The lowest BCUT2D eigenvalue weighted by Gasteiger charge is -2.53. The van der Waals surface area contributed by atoms with Crippen LogP contribution >= 0.6 is 0 Å². The molecule has 0 aromatic heterocycles. The summed E-state index contributed by atoms with van der Waals surface area (Å²) in [4.78, 5) is 14.0. The van der Waals surface area contributed by atoms with E-state index in [1.165, 1.54) is 0 Å². The van der Waals surface area contributed by atoms with E-state index in [2.05, 4.69) is 0 Å². The quantitative estimate of drug-likeness (QED) is 0.708. The molecule has 1 heterocycles. The van der Waals surface area contributed by atoms with Crippen molar-refractivity contribution in [2.45, 2.75) is 70.1 Å². The summed E-state index contributed by atoms with van der Waals surface area (Å²) in [5.74, 6) is 0. The van der Waals surface area contributed by atoms with Gasteiger partial charge in [-0.25, -0.2) is 4.79 Å². The third-order valence-corrected chi connectivity index (χ3v) is 3.77. The van der Waals surface area contributed by atoms with E-state index in [1.54, 1.807) is 0 Å². The molecule has 4 heteroatoms. The van der Waals surface area contributed by atoms with E-state index in [9.17, 15) is 9.90 Å². The zero-order valence-electron chi connectivity index (χ0n) is 11.0. The first-order valence-corrected chi connectivity index (χ1v) is 6.51. The molecule has 2 aliphatic rings. The fourth-order valence-electron chi connectivity index (χ4n) is 2.83. The Bertz CT molecular complexity index is 304. The van der Waals surface area contributed by atoms with Crippen LogP contribution < -0.4 is 0 Å². The summed E-state index contributed by atoms with van der Waals surface area (Å²) in [5.41, 5.74) is -0.557. The van der Waals surface area contributed by atoms with Crippen LogP contribution in [0, 0.1) is 0 Å². The van der Waals surface area contributed by atoms with E-state index < -0.39 is 5.60 Å². The zero-order chi connectivity index (χ0) is 12.7. The molecule has 98 valence electrons. The lowest BCUT2D eigenvalue weighted by molar-refractivity contribution is -0.0723. The Hall–Kier alpha value is -0.770. The van der Waals surface area contributed by atoms with Gasteiger partial charge in [-0.05, 0) is 52.9 Å². The van der Waals surface area contributed by atoms with Gasteiger partial charge in [0.25, 0.3) is 0 Å². The standard InChI is InChI=1S/C13H23NO3/c1-12(2,3)17-11(16)14-8-5-10(15)9-13(14)6-4-7-13/h10,15H,4-9H2,1-3H3/t10-/m1/s1. The van der Waals surface area contributed by atoms with E-state index in [1.807, 2.05) is 25.7 Å². The van der Waals surface area contributed by atoms with Crippen molar-refractivity contribution in [2.24, 2.45) is 0 Å². The van der Waals surface area contributed by atoms with Crippen molar-refractivity contribution < 1.29 is 14.6 Å². The molecule has 0 bridgehead atoms. The summed E-state index contributed by atoms with van der Waals surface area (Å²) in [6.45, 7) is 6.28. The van der Waals surface area contributed by atoms with Crippen LogP contribution in [0.1, 0.15) is 52.9 Å². The van der Waals surface area contributed by atoms with Gasteiger partial charge in [-0.2, -0.15) is 0 Å². The second-order valence-corrected chi connectivity index (χ2v) is 6.36. The molecule has 1 aliphatic heterocycles. The van der Waals surface area contributed by atoms with Gasteiger partial charge in [0, 0.05) is 12.1 Å². The lowest BCUT2D eigenvalue weighted by atomic mass is 9.69. The summed E-state index contributed by atoms with van der Waals surface area (Å²) >= 11 is 0. The molecule has 0 aromatic carbocycles. The summed E-state index contributed by atoms with van der Waals surface area (Å²) in [7, 11) is 0. The Morgan fingerprint density at radius 2 is 2.06 bits per heavy atom. The average Bonchev–Trinajstić information content (AvgIpc) is 2.12. The number of nitrogens with zero attached hydrogens (tertiary/aromatic N) is 1. The van der Waals surface area contributed by atoms with E-state index in [0.29, 0.717) is 19.4 Å². The Morgan fingerprint density at radius 3 is 2.53 bits per heavy atom. The highest BCUT2D eigenvalue weighted by molar-refractivity contribution is 5.69. The molecule has 2 fully saturated rings. The number of amides is 1. The zero-order valence-corrected chi connectivity index (χ0v) is 11.0. The van der Waals surface area contributed by atoms with Crippen LogP contribution in [0.3, 0.4) is 0 Å². The highest BCUT2D eigenvalue weighted by Gasteiger charge is 2.49. The number of carbonyl (C=O) groups excluding carboxylic acids is 1. The molecule has 17 heavy (non-hydrogen) atoms. The lowest BCUT2D eigenvalue weighted by Crippen LogP contribution is -2.61. The maximum Gasteiger partial charge on any atom is 0.410 e. The second kappa shape index (κ2) is 4.16. The third-order valence-electron chi connectivity index (χ3n) is 3.77. The Labute approximate surface area is 103 Å². The second-order valence-electron chi connectivity index (χ2n) is 6.36. The normalized spacial score (nSPS) is 27.8. The van der Waals surface area contributed by atoms with Gasteiger partial charge in [-0.1, -0.05) is 0 Å². The van der Waals surface area contributed by atoms with Gasteiger partial charge in [0.05, 0.1) is 6.10 Å². The van der Waals surface area contributed by atoms with E-state index in [-0.39, 0.29) is 17.7 Å². The van der Waals surface area contributed by atoms with Crippen molar-refractivity contribution >= 4 is 6.09 Å². The Balaban J connectivity index is 2.06. The van der Waals surface area contributed by atoms with Crippen LogP contribution in [0.15, 0.2) is 0 Å². The van der Waals surface area contributed by atoms with Crippen molar-refractivity contribution in [2.75, 3.05) is 6.54 Å². The molecule has 1 saturated heterocycles. The number of rotatable bonds is 0. The van der Waals surface area contributed by atoms with Crippen molar-refractivity contribution in [1.29, 1.82) is 0 Å². The predicted molar refractivity (Wildman–Crippen MR) is 64.8 cm³/mol. The first-order valence-electron chi connectivity index (χ1n) is 6.51. The van der Waals surface area contributed by atoms with Gasteiger partial charge in [-0.15, -0.1) is 0 Å². The van der Waals surface area contributed by atoms with Gasteiger partial charge in [0.1, 0.15) is 5.60 Å². The largest absolute Gasteiger partial charge is 0.444 e. The van der Waals surface area contributed by atoms with Gasteiger partial charge in [-0.3, -0.25) is 0 Å². The monoisotopic (exact) mass is 241 g/mol. The maximum absolute atomic E-state index is 12.2. The molecular formula is C13H23NO3. The topological polar surface area (TPSA) is 49.8 Å². The Morgan fingerprint density at radius 1 is 1.41 bits per heavy atom. The van der Waals surface area contributed by atoms with Crippen molar-refractivity contribution in [1.82, 2.24) is 4.90 Å². The van der Waals surface area contributed by atoms with Gasteiger partial charge in [0.2, 0.25) is 0 Å². The number of piperidine rings is 1. The van der Waals surface area contributed by atoms with E-state index >= 15 is 0 Å². The van der Waals surface area contributed by atoms with Crippen molar-refractivity contribution in [3.8, 4) is 0 Å². The number of aliphatic hydroxyl groups excluding tert-OH is 1. The minimum atomic E-state index is -0.446. The summed E-state index contributed by atoms with van der Waals surface area (Å²) in [5, 5.41) is 9.76. The molecule has 0 radical (unpaired) electrons. The van der Waals surface area contributed by atoms with Crippen molar-refractivity contribution in [3.05, 3.63) is 0 Å². The third kappa shape index (κ3) is 2.57. The van der Waals surface area contributed by atoms with Crippen LogP contribution in [-0.4, -0.2) is 39.9 Å². The molecule has 4 nitrogen and oxygen atoms in total. The number of hydrogen-bond acceptors (Lipinski definition) is 3. The number of aliphatic hydroxyl groups is 1. The molecule has 0 aromatic rings. The van der Waals surface area contributed by atoms with Crippen LogP contribution in [0.4, 0.5) is 4.79 Å². The highest BCUT2D eigenvalue weighted by Crippen LogP contribution is 2.44. The predicted octanol–water partition coefficient (Wildman–Crippen LogP) is 2.30. The molecule has 1 spiro atoms. The average molecular weight is 241 g/mol.